The molecular formula is C18H18FN3O4S. The number of halogens is 1. The molecule has 2 aromatic rings. The van der Waals surface area contributed by atoms with Gasteiger partial charge in [-0.1, -0.05) is 6.07 Å². The topological polar surface area (TPSA) is 82.9 Å². The van der Waals surface area contributed by atoms with E-state index in [1.54, 1.807) is 23.3 Å². The van der Waals surface area contributed by atoms with Crippen molar-refractivity contribution in [1.29, 1.82) is 0 Å². The molecule has 7 nitrogen and oxygen atoms in total. The molecule has 4 rings (SSSR count). The SMILES string of the molecule is O=C(NCc1ccco1)N1CC2=C(C1)CN(S(=O)(=O)c1cccc(F)c1)C2. The summed E-state index contributed by atoms with van der Waals surface area (Å²) < 4.78 is 45.3. The quantitative estimate of drug-likeness (QED) is 0.808. The van der Waals surface area contributed by atoms with E-state index in [1.807, 2.05) is 0 Å². The molecular weight excluding hydrogens is 373 g/mol. The van der Waals surface area contributed by atoms with Crippen LogP contribution in [0.15, 0.2) is 63.1 Å². The first-order valence-corrected chi connectivity index (χ1v) is 9.88. The number of hydrogen-bond acceptors (Lipinski definition) is 4. The Morgan fingerprint density at radius 3 is 2.48 bits per heavy atom. The highest BCUT2D eigenvalue weighted by atomic mass is 32.2. The van der Waals surface area contributed by atoms with Crippen molar-refractivity contribution >= 4 is 16.1 Å². The number of benzene rings is 1. The second-order valence-electron chi connectivity index (χ2n) is 6.53. The van der Waals surface area contributed by atoms with Gasteiger partial charge in [0.05, 0.1) is 17.7 Å². The van der Waals surface area contributed by atoms with Gasteiger partial charge in [-0.15, -0.1) is 0 Å². The number of carbonyl (C=O) groups is 1. The lowest BCUT2D eigenvalue weighted by Crippen LogP contribution is -2.41. The standard InChI is InChI=1S/C18H18FN3O4S/c19-15-3-1-5-17(7-15)27(24,25)22-11-13-9-21(10-14(13)12-22)18(23)20-8-16-4-2-6-26-16/h1-7H,8-12H2,(H,20,23). The Morgan fingerprint density at radius 2 is 1.85 bits per heavy atom. The summed E-state index contributed by atoms with van der Waals surface area (Å²) in [5.41, 5.74) is 1.84. The van der Waals surface area contributed by atoms with Gasteiger partial charge in [0, 0.05) is 26.2 Å². The lowest BCUT2D eigenvalue weighted by Gasteiger charge is -2.23. The molecule has 2 aliphatic heterocycles. The smallest absolute Gasteiger partial charge is 0.318 e. The van der Waals surface area contributed by atoms with Crippen molar-refractivity contribution < 1.29 is 22.0 Å². The molecule has 142 valence electrons. The minimum absolute atomic E-state index is 0.0586. The van der Waals surface area contributed by atoms with Crippen LogP contribution in [0.1, 0.15) is 5.76 Å². The van der Waals surface area contributed by atoms with Gasteiger partial charge in [-0.2, -0.15) is 4.31 Å². The summed E-state index contributed by atoms with van der Waals surface area (Å²) in [6.45, 7) is 1.50. The molecule has 0 bridgehead atoms. The normalized spacial score (nSPS) is 17.4. The van der Waals surface area contributed by atoms with Crippen LogP contribution in [0.5, 0.6) is 0 Å². The number of furan rings is 1. The van der Waals surface area contributed by atoms with Gasteiger partial charge in [-0.05, 0) is 41.5 Å². The van der Waals surface area contributed by atoms with Crippen molar-refractivity contribution in [3.8, 4) is 0 Å². The monoisotopic (exact) mass is 391 g/mol. The maximum atomic E-state index is 13.4. The van der Waals surface area contributed by atoms with E-state index in [0.717, 1.165) is 17.2 Å². The molecule has 0 saturated carbocycles. The van der Waals surface area contributed by atoms with E-state index >= 15 is 0 Å². The number of rotatable bonds is 4. The second-order valence-corrected chi connectivity index (χ2v) is 8.47. The summed E-state index contributed by atoms with van der Waals surface area (Å²) in [4.78, 5) is 13.9. The van der Waals surface area contributed by atoms with Crippen LogP contribution >= 0.6 is 0 Å². The minimum atomic E-state index is -3.76. The van der Waals surface area contributed by atoms with Gasteiger partial charge in [0.1, 0.15) is 11.6 Å². The largest absolute Gasteiger partial charge is 0.467 e. The molecule has 27 heavy (non-hydrogen) atoms. The number of nitrogens with one attached hydrogen (secondary N) is 1. The summed E-state index contributed by atoms with van der Waals surface area (Å²) in [6.07, 6.45) is 1.54. The molecule has 0 aliphatic carbocycles. The number of carbonyl (C=O) groups excluding carboxylic acids is 1. The molecule has 1 aromatic carbocycles. The molecule has 2 amide bonds. The lowest BCUT2D eigenvalue weighted by molar-refractivity contribution is 0.207. The van der Waals surface area contributed by atoms with Gasteiger partial charge >= 0.3 is 6.03 Å². The lowest BCUT2D eigenvalue weighted by atomic mass is 10.2. The fourth-order valence-electron chi connectivity index (χ4n) is 3.32. The molecule has 9 heteroatoms. The van der Waals surface area contributed by atoms with Gasteiger partial charge < -0.3 is 14.6 Å². The molecule has 2 aliphatic rings. The number of urea groups is 1. The first kappa shape index (κ1) is 17.7. The van der Waals surface area contributed by atoms with Gasteiger partial charge in [0.2, 0.25) is 10.0 Å². The van der Waals surface area contributed by atoms with Gasteiger partial charge in [-0.3, -0.25) is 0 Å². The van der Waals surface area contributed by atoms with Crippen LogP contribution in [0.25, 0.3) is 0 Å². The second kappa shape index (κ2) is 6.82. The zero-order chi connectivity index (χ0) is 19.0. The third kappa shape index (κ3) is 3.47. The van der Waals surface area contributed by atoms with Crippen molar-refractivity contribution in [3.05, 3.63) is 65.4 Å². The number of hydrogen-bond donors (Lipinski definition) is 1. The van der Waals surface area contributed by atoms with Gasteiger partial charge in [0.15, 0.2) is 0 Å². The molecule has 0 saturated heterocycles. The average Bonchev–Trinajstić information content (AvgIpc) is 3.35. The fraction of sp³-hybridized carbons (Fsp3) is 0.278. The molecule has 0 atom stereocenters. The Bertz CT molecular complexity index is 983. The van der Waals surface area contributed by atoms with E-state index in [9.17, 15) is 17.6 Å². The zero-order valence-corrected chi connectivity index (χ0v) is 15.2. The Hall–Kier alpha value is -2.65. The van der Waals surface area contributed by atoms with Gasteiger partial charge in [0.25, 0.3) is 0 Å². The third-order valence-corrected chi connectivity index (χ3v) is 6.50. The van der Waals surface area contributed by atoms with Crippen molar-refractivity contribution in [2.45, 2.75) is 11.4 Å². The molecule has 0 radical (unpaired) electrons. The van der Waals surface area contributed by atoms with Crippen LogP contribution in [-0.4, -0.2) is 49.8 Å². The van der Waals surface area contributed by atoms with Crippen molar-refractivity contribution in [1.82, 2.24) is 14.5 Å². The predicted octanol–water partition coefficient (Wildman–Crippen LogP) is 1.95. The molecule has 0 spiro atoms. The fourth-order valence-corrected chi connectivity index (χ4v) is 4.79. The highest BCUT2D eigenvalue weighted by Crippen LogP contribution is 2.30. The first-order chi connectivity index (χ1) is 12.9. The van der Waals surface area contributed by atoms with E-state index in [2.05, 4.69) is 5.32 Å². The molecule has 0 unspecified atom stereocenters. The Balaban J connectivity index is 1.36. The summed E-state index contributed by atoms with van der Waals surface area (Å²) in [6, 6.07) is 8.30. The van der Waals surface area contributed by atoms with E-state index in [0.29, 0.717) is 25.4 Å². The van der Waals surface area contributed by atoms with Gasteiger partial charge in [-0.25, -0.2) is 17.6 Å². The minimum Gasteiger partial charge on any atom is -0.467 e. The number of amides is 2. The van der Waals surface area contributed by atoms with Crippen molar-refractivity contribution in [3.63, 3.8) is 0 Å². The van der Waals surface area contributed by atoms with Crippen LogP contribution in [0, 0.1) is 5.82 Å². The first-order valence-electron chi connectivity index (χ1n) is 8.44. The maximum Gasteiger partial charge on any atom is 0.318 e. The van der Waals surface area contributed by atoms with Crippen LogP contribution < -0.4 is 5.32 Å². The predicted molar refractivity (Wildman–Crippen MR) is 94.7 cm³/mol. The zero-order valence-electron chi connectivity index (χ0n) is 14.4. The number of nitrogens with zero attached hydrogens (tertiary/aromatic N) is 2. The summed E-state index contributed by atoms with van der Waals surface area (Å²) in [5, 5.41) is 2.78. The average molecular weight is 391 g/mol. The molecule has 1 N–H and O–H groups in total. The van der Waals surface area contributed by atoms with Crippen LogP contribution in [-0.2, 0) is 16.6 Å². The summed E-state index contributed by atoms with van der Waals surface area (Å²) in [7, 11) is -3.76. The number of sulfonamides is 1. The molecule has 3 heterocycles. The van der Waals surface area contributed by atoms with E-state index in [4.69, 9.17) is 4.42 Å². The Morgan fingerprint density at radius 1 is 1.11 bits per heavy atom. The Labute approximate surface area is 156 Å². The Kier molecular flexibility index (Phi) is 4.48. The van der Waals surface area contributed by atoms with Crippen molar-refractivity contribution in [2.75, 3.05) is 26.2 Å². The van der Waals surface area contributed by atoms with Crippen LogP contribution in [0.3, 0.4) is 0 Å². The highest BCUT2D eigenvalue weighted by molar-refractivity contribution is 7.89. The van der Waals surface area contributed by atoms with Crippen LogP contribution in [0.4, 0.5) is 9.18 Å². The highest BCUT2D eigenvalue weighted by Gasteiger charge is 2.37. The van der Waals surface area contributed by atoms with E-state index in [1.165, 1.54) is 22.5 Å². The third-order valence-electron chi connectivity index (χ3n) is 4.71. The summed E-state index contributed by atoms with van der Waals surface area (Å²) in [5.74, 6) is 0.0746. The van der Waals surface area contributed by atoms with Crippen LogP contribution in [0.2, 0.25) is 0 Å². The van der Waals surface area contributed by atoms with Crippen molar-refractivity contribution in [2.24, 2.45) is 0 Å². The molecule has 0 fully saturated rings. The molecule has 1 aromatic heterocycles. The van der Waals surface area contributed by atoms with E-state index in [-0.39, 0.29) is 24.0 Å². The van der Waals surface area contributed by atoms with E-state index < -0.39 is 15.8 Å². The maximum absolute atomic E-state index is 13.4. The summed E-state index contributed by atoms with van der Waals surface area (Å²) >= 11 is 0.